The molecule has 0 fully saturated rings. The van der Waals surface area contributed by atoms with Gasteiger partial charge < -0.3 is 20.3 Å². The Labute approximate surface area is 204 Å². The number of amides is 2. The standard InChI is InChI=1S/C22H33Cl2N3O4S/c1-4-31-22(30)19(9-14-32-3)26-21(29)20(25-16(2)28)15-17-5-7-18(8-6-17)27(12-10-23)13-11-24/h5-8,19-20H,4,9-15H2,1-3H3,(H,25,28)(H,26,29)/t19-,20-/m0/s1. The first-order chi connectivity index (χ1) is 15.4. The van der Waals surface area contributed by atoms with Crippen LogP contribution >= 0.6 is 35.0 Å². The summed E-state index contributed by atoms with van der Waals surface area (Å²) < 4.78 is 5.08. The van der Waals surface area contributed by atoms with Crippen molar-refractivity contribution in [3.63, 3.8) is 0 Å². The van der Waals surface area contributed by atoms with E-state index in [2.05, 4.69) is 15.5 Å². The molecule has 0 heterocycles. The molecular formula is C22H33Cl2N3O4S. The van der Waals surface area contributed by atoms with Gasteiger partial charge in [0.15, 0.2) is 0 Å². The molecule has 180 valence electrons. The second-order valence-corrected chi connectivity index (χ2v) is 8.82. The molecule has 0 aromatic heterocycles. The van der Waals surface area contributed by atoms with Crippen LogP contribution in [0.3, 0.4) is 0 Å². The lowest BCUT2D eigenvalue weighted by atomic mass is 10.0. The van der Waals surface area contributed by atoms with Crippen LogP contribution in [0.25, 0.3) is 0 Å². The molecule has 1 rings (SSSR count). The number of anilines is 1. The smallest absolute Gasteiger partial charge is 0.328 e. The molecule has 2 amide bonds. The molecule has 0 saturated heterocycles. The van der Waals surface area contributed by atoms with Gasteiger partial charge in [-0.3, -0.25) is 9.59 Å². The van der Waals surface area contributed by atoms with Crippen LogP contribution in [0.5, 0.6) is 0 Å². The second-order valence-electron chi connectivity index (χ2n) is 7.08. The van der Waals surface area contributed by atoms with Gasteiger partial charge in [0.25, 0.3) is 0 Å². The molecule has 0 radical (unpaired) electrons. The highest BCUT2D eigenvalue weighted by atomic mass is 35.5. The average Bonchev–Trinajstić information content (AvgIpc) is 2.76. The van der Waals surface area contributed by atoms with Gasteiger partial charge in [-0.05, 0) is 43.0 Å². The fourth-order valence-electron chi connectivity index (χ4n) is 3.11. The number of alkyl halides is 2. The van der Waals surface area contributed by atoms with Crippen molar-refractivity contribution in [2.24, 2.45) is 0 Å². The van der Waals surface area contributed by atoms with Crippen molar-refractivity contribution >= 4 is 58.4 Å². The maximum absolute atomic E-state index is 12.9. The lowest BCUT2D eigenvalue weighted by Gasteiger charge is -2.24. The van der Waals surface area contributed by atoms with Crippen molar-refractivity contribution in [2.45, 2.75) is 38.8 Å². The van der Waals surface area contributed by atoms with Gasteiger partial charge in [-0.2, -0.15) is 11.8 Å². The fourth-order valence-corrected chi connectivity index (χ4v) is 3.99. The SMILES string of the molecule is CCOC(=O)[C@H](CCSC)NC(=O)[C@H](Cc1ccc(N(CCCl)CCCl)cc1)NC(C)=O. The Kier molecular flexibility index (Phi) is 14.2. The summed E-state index contributed by atoms with van der Waals surface area (Å²) in [6.07, 6.45) is 2.66. The van der Waals surface area contributed by atoms with E-state index in [1.807, 2.05) is 30.5 Å². The van der Waals surface area contributed by atoms with Crippen molar-refractivity contribution in [2.75, 3.05) is 48.4 Å². The van der Waals surface area contributed by atoms with Crippen LogP contribution in [0, 0.1) is 0 Å². The Balaban J connectivity index is 2.93. The number of rotatable bonds is 15. The summed E-state index contributed by atoms with van der Waals surface area (Å²) in [5.41, 5.74) is 1.85. The van der Waals surface area contributed by atoms with E-state index in [1.54, 1.807) is 18.7 Å². The minimum absolute atomic E-state index is 0.233. The third kappa shape index (κ3) is 10.3. The highest BCUT2D eigenvalue weighted by Crippen LogP contribution is 2.17. The second kappa shape index (κ2) is 16.0. The number of hydrogen-bond acceptors (Lipinski definition) is 6. The van der Waals surface area contributed by atoms with Crippen molar-refractivity contribution in [1.29, 1.82) is 0 Å². The molecule has 7 nitrogen and oxygen atoms in total. The number of nitrogens with zero attached hydrogens (tertiary/aromatic N) is 1. The number of carbonyl (C=O) groups is 3. The summed E-state index contributed by atoms with van der Waals surface area (Å²) >= 11 is 13.3. The average molecular weight is 506 g/mol. The zero-order valence-electron chi connectivity index (χ0n) is 18.9. The molecular weight excluding hydrogens is 473 g/mol. The van der Waals surface area contributed by atoms with E-state index in [0.29, 0.717) is 37.0 Å². The summed E-state index contributed by atoms with van der Waals surface area (Å²) in [4.78, 5) is 39.0. The van der Waals surface area contributed by atoms with Gasteiger partial charge in [0.1, 0.15) is 12.1 Å². The van der Waals surface area contributed by atoms with Crippen molar-refractivity contribution < 1.29 is 19.1 Å². The molecule has 1 aromatic rings. The number of esters is 1. The maximum Gasteiger partial charge on any atom is 0.328 e. The van der Waals surface area contributed by atoms with Crippen molar-refractivity contribution in [3.05, 3.63) is 29.8 Å². The molecule has 2 atom stereocenters. The number of benzene rings is 1. The quantitative estimate of drug-likeness (QED) is 0.281. The Morgan fingerprint density at radius 1 is 1.06 bits per heavy atom. The number of halogens is 2. The Morgan fingerprint density at radius 3 is 2.19 bits per heavy atom. The van der Waals surface area contributed by atoms with Gasteiger partial charge in [-0.25, -0.2) is 4.79 Å². The largest absolute Gasteiger partial charge is 0.464 e. The summed E-state index contributed by atoms with van der Waals surface area (Å²) in [5, 5.41) is 5.43. The first kappa shape index (κ1) is 28.4. The molecule has 0 saturated carbocycles. The van der Waals surface area contributed by atoms with Crippen LogP contribution < -0.4 is 15.5 Å². The molecule has 1 aromatic carbocycles. The topological polar surface area (TPSA) is 87.7 Å². The van der Waals surface area contributed by atoms with Crippen LogP contribution in [0.4, 0.5) is 5.69 Å². The summed E-state index contributed by atoms with van der Waals surface area (Å²) in [6.45, 7) is 4.66. The molecule has 0 bridgehead atoms. The molecule has 0 spiro atoms. The molecule has 0 aliphatic rings. The van der Waals surface area contributed by atoms with E-state index in [1.165, 1.54) is 6.92 Å². The zero-order valence-corrected chi connectivity index (χ0v) is 21.2. The number of carbonyl (C=O) groups excluding carboxylic acids is 3. The Hall–Kier alpha value is -1.64. The van der Waals surface area contributed by atoms with Gasteiger partial charge in [-0.15, -0.1) is 23.2 Å². The van der Waals surface area contributed by atoms with Crippen molar-refractivity contribution in [1.82, 2.24) is 10.6 Å². The number of thioether (sulfide) groups is 1. The van der Waals surface area contributed by atoms with Gasteiger partial charge >= 0.3 is 5.97 Å². The first-order valence-corrected chi connectivity index (χ1v) is 13.0. The monoisotopic (exact) mass is 505 g/mol. The van der Waals surface area contributed by atoms with E-state index in [4.69, 9.17) is 27.9 Å². The molecule has 0 unspecified atom stereocenters. The number of nitrogens with one attached hydrogen (secondary N) is 2. The molecule has 32 heavy (non-hydrogen) atoms. The third-order valence-electron chi connectivity index (χ3n) is 4.64. The minimum Gasteiger partial charge on any atom is -0.464 e. The van der Waals surface area contributed by atoms with Crippen molar-refractivity contribution in [3.8, 4) is 0 Å². The van der Waals surface area contributed by atoms with Crippen LogP contribution in [0.2, 0.25) is 0 Å². The summed E-state index contributed by atoms with van der Waals surface area (Å²) in [6, 6.07) is 6.13. The lowest BCUT2D eigenvalue weighted by Crippen LogP contribution is -2.52. The highest BCUT2D eigenvalue weighted by molar-refractivity contribution is 7.98. The van der Waals surface area contributed by atoms with Gasteiger partial charge in [0.2, 0.25) is 11.8 Å². The predicted octanol–water partition coefficient (Wildman–Crippen LogP) is 2.82. The molecule has 0 aliphatic heterocycles. The maximum atomic E-state index is 12.9. The van der Waals surface area contributed by atoms with E-state index in [9.17, 15) is 14.4 Å². The first-order valence-electron chi connectivity index (χ1n) is 10.5. The van der Waals surface area contributed by atoms with E-state index in [-0.39, 0.29) is 18.9 Å². The molecule has 2 N–H and O–H groups in total. The molecule has 10 heteroatoms. The fraction of sp³-hybridized carbons (Fsp3) is 0.591. The van der Waals surface area contributed by atoms with E-state index < -0.39 is 24.0 Å². The van der Waals surface area contributed by atoms with E-state index in [0.717, 1.165) is 11.3 Å². The zero-order chi connectivity index (χ0) is 23.9. The normalized spacial score (nSPS) is 12.5. The number of ether oxygens (including phenoxy) is 1. The van der Waals surface area contributed by atoms with Crippen LogP contribution in [0.15, 0.2) is 24.3 Å². The molecule has 0 aliphatic carbocycles. The van der Waals surface area contributed by atoms with Crippen LogP contribution in [-0.4, -0.2) is 73.3 Å². The predicted molar refractivity (Wildman–Crippen MR) is 133 cm³/mol. The Morgan fingerprint density at radius 2 is 1.69 bits per heavy atom. The Bertz CT molecular complexity index is 716. The van der Waals surface area contributed by atoms with Crippen LogP contribution in [-0.2, 0) is 25.5 Å². The third-order valence-corrected chi connectivity index (χ3v) is 5.62. The summed E-state index contributed by atoms with van der Waals surface area (Å²) in [7, 11) is 0. The highest BCUT2D eigenvalue weighted by Gasteiger charge is 2.27. The summed E-state index contributed by atoms with van der Waals surface area (Å²) in [5.74, 6) is 0.447. The van der Waals surface area contributed by atoms with Gasteiger partial charge in [0.05, 0.1) is 6.61 Å². The van der Waals surface area contributed by atoms with Gasteiger partial charge in [0, 0.05) is 43.9 Å². The minimum atomic E-state index is -0.814. The number of hydrogen-bond donors (Lipinski definition) is 2. The lowest BCUT2D eigenvalue weighted by molar-refractivity contribution is -0.147. The van der Waals surface area contributed by atoms with E-state index >= 15 is 0 Å². The van der Waals surface area contributed by atoms with Crippen LogP contribution in [0.1, 0.15) is 25.8 Å². The van der Waals surface area contributed by atoms with Gasteiger partial charge in [-0.1, -0.05) is 12.1 Å².